The Kier molecular flexibility index (Phi) is 3.10. The normalized spacial score (nSPS) is 10.4. The summed E-state index contributed by atoms with van der Waals surface area (Å²) in [5, 5.41) is 1.82. The summed E-state index contributed by atoms with van der Waals surface area (Å²) in [4.78, 5) is 13.9. The van der Waals surface area contributed by atoms with Gasteiger partial charge in [-0.25, -0.2) is 0 Å². The Bertz CT molecular complexity index is 542. The fourth-order valence-corrected chi connectivity index (χ4v) is 2.13. The van der Waals surface area contributed by atoms with E-state index in [2.05, 4.69) is 4.98 Å². The lowest BCUT2D eigenvalue weighted by molar-refractivity contribution is 0.341. The van der Waals surface area contributed by atoms with Crippen LogP contribution >= 0.6 is 11.3 Å². The molecule has 2 aromatic rings. The standard InChI is InChI=1S/C12H13NO2S/c1-3-15-11-5-4-8(2)6-9(11)10-7-16-12(14)13-10/h4-7H,3H2,1-2H3,(H,13,14). The van der Waals surface area contributed by atoms with Crippen molar-refractivity contribution in [1.82, 2.24) is 4.98 Å². The van der Waals surface area contributed by atoms with Gasteiger partial charge >= 0.3 is 4.87 Å². The largest absolute Gasteiger partial charge is 0.493 e. The van der Waals surface area contributed by atoms with Gasteiger partial charge in [-0.3, -0.25) is 4.79 Å². The lowest BCUT2D eigenvalue weighted by atomic mass is 10.1. The van der Waals surface area contributed by atoms with Crippen LogP contribution in [-0.2, 0) is 0 Å². The zero-order chi connectivity index (χ0) is 11.5. The topological polar surface area (TPSA) is 42.1 Å². The summed E-state index contributed by atoms with van der Waals surface area (Å²) in [7, 11) is 0. The van der Waals surface area contributed by atoms with Crippen molar-refractivity contribution in [2.45, 2.75) is 13.8 Å². The summed E-state index contributed by atoms with van der Waals surface area (Å²) in [6.45, 7) is 4.58. The van der Waals surface area contributed by atoms with Crippen molar-refractivity contribution in [2.24, 2.45) is 0 Å². The van der Waals surface area contributed by atoms with Crippen molar-refractivity contribution >= 4 is 11.3 Å². The molecule has 0 saturated heterocycles. The fourth-order valence-electron chi connectivity index (χ4n) is 1.55. The molecular weight excluding hydrogens is 222 g/mol. The van der Waals surface area contributed by atoms with Crippen LogP contribution in [0.5, 0.6) is 5.75 Å². The highest BCUT2D eigenvalue weighted by atomic mass is 32.1. The van der Waals surface area contributed by atoms with Crippen LogP contribution in [0.1, 0.15) is 12.5 Å². The number of benzene rings is 1. The highest BCUT2D eigenvalue weighted by molar-refractivity contribution is 7.07. The fraction of sp³-hybridized carbons (Fsp3) is 0.250. The minimum atomic E-state index is -0.0426. The Morgan fingerprint density at radius 1 is 1.44 bits per heavy atom. The number of thiazole rings is 1. The molecule has 0 unspecified atom stereocenters. The van der Waals surface area contributed by atoms with Crippen LogP contribution in [-0.4, -0.2) is 11.6 Å². The molecule has 0 bridgehead atoms. The quantitative estimate of drug-likeness (QED) is 0.888. The predicted molar refractivity (Wildman–Crippen MR) is 66.3 cm³/mol. The van der Waals surface area contributed by atoms with Crippen LogP contribution < -0.4 is 9.61 Å². The lowest BCUT2D eigenvalue weighted by Crippen LogP contribution is -1.97. The van der Waals surface area contributed by atoms with Crippen molar-refractivity contribution in [2.75, 3.05) is 6.61 Å². The number of H-pyrrole nitrogens is 1. The summed E-state index contributed by atoms with van der Waals surface area (Å²) < 4.78 is 5.54. The molecule has 0 amide bonds. The number of hydrogen-bond donors (Lipinski definition) is 1. The Morgan fingerprint density at radius 2 is 2.25 bits per heavy atom. The van der Waals surface area contributed by atoms with Gasteiger partial charge in [-0.2, -0.15) is 0 Å². The van der Waals surface area contributed by atoms with E-state index in [4.69, 9.17) is 4.74 Å². The van der Waals surface area contributed by atoms with Crippen LogP contribution in [0.2, 0.25) is 0 Å². The van der Waals surface area contributed by atoms with Crippen molar-refractivity contribution in [3.8, 4) is 17.0 Å². The summed E-state index contributed by atoms with van der Waals surface area (Å²) >= 11 is 1.17. The number of ether oxygens (including phenoxy) is 1. The Labute approximate surface area is 97.7 Å². The first kappa shape index (κ1) is 11.0. The second-order valence-corrected chi connectivity index (χ2v) is 4.34. The number of rotatable bonds is 3. The Morgan fingerprint density at radius 3 is 2.88 bits per heavy atom. The van der Waals surface area contributed by atoms with Gasteiger partial charge in [-0.15, -0.1) is 0 Å². The predicted octanol–water partition coefficient (Wildman–Crippen LogP) is 2.81. The molecule has 16 heavy (non-hydrogen) atoms. The smallest absolute Gasteiger partial charge is 0.304 e. The summed E-state index contributed by atoms with van der Waals surface area (Å²) in [6, 6.07) is 5.95. The van der Waals surface area contributed by atoms with Gasteiger partial charge in [-0.05, 0) is 26.0 Å². The van der Waals surface area contributed by atoms with E-state index in [1.807, 2.05) is 37.4 Å². The van der Waals surface area contributed by atoms with Crippen LogP contribution in [0.4, 0.5) is 0 Å². The number of aromatic amines is 1. The summed E-state index contributed by atoms with van der Waals surface area (Å²) in [5.41, 5.74) is 2.91. The first-order valence-corrected chi connectivity index (χ1v) is 6.00. The molecule has 0 atom stereocenters. The number of nitrogens with one attached hydrogen (secondary N) is 1. The molecule has 0 radical (unpaired) electrons. The lowest BCUT2D eigenvalue weighted by Gasteiger charge is -2.09. The minimum absolute atomic E-state index is 0.0426. The van der Waals surface area contributed by atoms with E-state index >= 15 is 0 Å². The van der Waals surface area contributed by atoms with Crippen molar-refractivity contribution in [3.05, 3.63) is 38.8 Å². The van der Waals surface area contributed by atoms with Crippen LogP contribution in [0.25, 0.3) is 11.3 Å². The maximum absolute atomic E-state index is 11.1. The number of aromatic nitrogens is 1. The molecule has 0 aliphatic carbocycles. The maximum atomic E-state index is 11.1. The molecule has 2 rings (SSSR count). The van der Waals surface area contributed by atoms with E-state index in [9.17, 15) is 4.79 Å². The average molecular weight is 235 g/mol. The van der Waals surface area contributed by atoms with E-state index < -0.39 is 0 Å². The Balaban J connectivity index is 2.52. The number of hydrogen-bond acceptors (Lipinski definition) is 3. The van der Waals surface area contributed by atoms with Gasteiger partial charge in [0.15, 0.2) is 0 Å². The van der Waals surface area contributed by atoms with Gasteiger partial charge in [0.1, 0.15) is 5.75 Å². The third kappa shape index (κ3) is 2.17. The van der Waals surface area contributed by atoms with E-state index in [0.29, 0.717) is 6.61 Å². The molecule has 1 aromatic carbocycles. The SMILES string of the molecule is CCOc1ccc(C)cc1-c1csc(=O)[nH]1. The monoisotopic (exact) mass is 235 g/mol. The van der Waals surface area contributed by atoms with E-state index in [-0.39, 0.29) is 4.87 Å². The second-order valence-electron chi connectivity index (χ2n) is 3.49. The molecule has 0 spiro atoms. The number of aryl methyl sites for hydroxylation is 1. The zero-order valence-electron chi connectivity index (χ0n) is 9.24. The van der Waals surface area contributed by atoms with Gasteiger partial charge in [0, 0.05) is 10.9 Å². The summed E-state index contributed by atoms with van der Waals surface area (Å²) in [6.07, 6.45) is 0. The molecule has 1 N–H and O–H groups in total. The maximum Gasteiger partial charge on any atom is 0.304 e. The van der Waals surface area contributed by atoms with E-state index in [0.717, 1.165) is 22.6 Å². The molecule has 1 aromatic heterocycles. The molecular formula is C12H13NO2S. The molecule has 4 heteroatoms. The third-order valence-electron chi connectivity index (χ3n) is 2.25. The van der Waals surface area contributed by atoms with Gasteiger partial charge in [0.25, 0.3) is 0 Å². The van der Waals surface area contributed by atoms with Crippen LogP contribution in [0, 0.1) is 6.92 Å². The van der Waals surface area contributed by atoms with Crippen molar-refractivity contribution in [3.63, 3.8) is 0 Å². The minimum Gasteiger partial charge on any atom is -0.493 e. The first-order valence-electron chi connectivity index (χ1n) is 5.12. The van der Waals surface area contributed by atoms with Crippen molar-refractivity contribution < 1.29 is 4.74 Å². The molecule has 0 fully saturated rings. The van der Waals surface area contributed by atoms with Gasteiger partial charge in [0.05, 0.1) is 12.3 Å². The molecule has 1 heterocycles. The molecule has 0 saturated carbocycles. The molecule has 0 aliphatic heterocycles. The van der Waals surface area contributed by atoms with Gasteiger partial charge in [-0.1, -0.05) is 23.0 Å². The van der Waals surface area contributed by atoms with Gasteiger partial charge in [0.2, 0.25) is 0 Å². The summed E-state index contributed by atoms with van der Waals surface area (Å²) in [5.74, 6) is 0.808. The highest BCUT2D eigenvalue weighted by Crippen LogP contribution is 2.29. The molecule has 0 aliphatic rings. The molecule has 3 nitrogen and oxygen atoms in total. The van der Waals surface area contributed by atoms with Crippen molar-refractivity contribution in [1.29, 1.82) is 0 Å². The Hall–Kier alpha value is -1.55. The van der Waals surface area contributed by atoms with Crippen LogP contribution in [0.15, 0.2) is 28.4 Å². The van der Waals surface area contributed by atoms with Gasteiger partial charge < -0.3 is 9.72 Å². The zero-order valence-corrected chi connectivity index (χ0v) is 10.1. The third-order valence-corrected chi connectivity index (χ3v) is 2.92. The van der Waals surface area contributed by atoms with E-state index in [1.165, 1.54) is 11.3 Å². The second kappa shape index (κ2) is 4.53. The van der Waals surface area contributed by atoms with Crippen LogP contribution in [0.3, 0.4) is 0 Å². The average Bonchev–Trinajstić information content (AvgIpc) is 2.68. The van der Waals surface area contributed by atoms with E-state index in [1.54, 1.807) is 0 Å². The first-order chi connectivity index (χ1) is 7.70. The highest BCUT2D eigenvalue weighted by Gasteiger charge is 2.08. The molecule has 84 valence electrons.